The Labute approximate surface area is 78.4 Å². The van der Waals surface area contributed by atoms with Gasteiger partial charge in [0.25, 0.3) is 0 Å². The average Bonchev–Trinajstić information content (AvgIpc) is 2.10. The van der Waals surface area contributed by atoms with Crippen LogP contribution in [-0.2, 0) is 9.53 Å². The summed E-state index contributed by atoms with van der Waals surface area (Å²) in [5, 5.41) is 0. The van der Waals surface area contributed by atoms with Gasteiger partial charge in [-0.1, -0.05) is 13.0 Å². The van der Waals surface area contributed by atoms with Gasteiger partial charge in [-0.15, -0.1) is 6.58 Å². The number of esters is 1. The highest BCUT2D eigenvalue weighted by atomic mass is 32.2. The number of thioether (sulfide) groups is 1. The molecule has 0 bridgehead atoms. The Morgan fingerprint density at radius 2 is 2.42 bits per heavy atom. The lowest BCUT2D eigenvalue weighted by Gasteiger charge is -2.07. The molecule has 0 aliphatic carbocycles. The molecule has 0 heterocycles. The number of rotatable bonds is 6. The Bertz CT molecular complexity index is 145. The van der Waals surface area contributed by atoms with E-state index in [1.54, 1.807) is 11.8 Å². The van der Waals surface area contributed by atoms with Gasteiger partial charge in [-0.25, -0.2) is 0 Å². The first-order chi connectivity index (χ1) is 5.72. The number of allylic oxidation sites excluding steroid dienone is 1. The van der Waals surface area contributed by atoms with Crippen LogP contribution < -0.4 is 0 Å². The third-order valence-electron chi connectivity index (χ3n) is 1.44. The fourth-order valence-electron chi connectivity index (χ4n) is 0.696. The third kappa shape index (κ3) is 5.24. The summed E-state index contributed by atoms with van der Waals surface area (Å²) in [6.07, 6.45) is 2.88. The molecule has 0 aliphatic heterocycles. The molecule has 1 atom stereocenters. The van der Waals surface area contributed by atoms with E-state index in [-0.39, 0.29) is 11.9 Å². The molecule has 0 radical (unpaired) electrons. The van der Waals surface area contributed by atoms with E-state index in [0.29, 0.717) is 0 Å². The normalized spacial score (nSPS) is 12.2. The molecule has 0 rings (SSSR count). The number of carbonyl (C=O) groups excluding carboxylic acids is 1. The van der Waals surface area contributed by atoms with Crippen LogP contribution in [0, 0.1) is 5.92 Å². The van der Waals surface area contributed by atoms with Crippen LogP contribution in [0.15, 0.2) is 12.7 Å². The maximum Gasteiger partial charge on any atom is 0.309 e. The quantitative estimate of drug-likeness (QED) is 0.363. The van der Waals surface area contributed by atoms with Crippen LogP contribution in [0.25, 0.3) is 0 Å². The Balaban J connectivity index is 3.36. The minimum Gasteiger partial charge on any atom is -0.469 e. The number of methoxy groups -OCH3 is 1. The average molecular weight is 188 g/mol. The van der Waals surface area contributed by atoms with Crippen molar-refractivity contribution in [3.8, 4) is 0 Å². The standard InChI is InChI=1S/C9H16O2S/c1-4-5-6-12-7-8(2)9(10)11-3/h4,8H,1,5-7H2,2-3H3. The fourth-order valence-corrected chi connectivity index (χ4v) is 1.69. The molecule has 0 saturated carbocycles. The lowest BCUT2D eigenvalue weighted by Crippen LogP contribution is -2.14. The molecule has 0 spiro atoms. The summed E-state index contributed by atoms with van der Waals surface area (Å²) in [4.78, 5) is 10.9. The zero-order valence-corrected chi connectivity index (χ0v) is 8.52. The minimum absolute atomic E-state index is 0.00446. The summed E-state index contributed by atoms with van der Waals surface area (Å²) < 4.78 is 4.60. The lowest BCUT2D eigenvalue weighted by molar-refractivity contribution is -0.143. The summed E-state index contributed by atoms with van der Waals surface area (Å²) in [6, 6.07) is 0. The van der Waals surface area contributed by atoms with Crippen LogP contribution in [0.4, 0.5) is 0 Å². The number of ether oxygens (including phenoxy) is 1. The van der Waals surface area contributed by atoms with Crippen molar-refractivity contribution in [1.82, 2.24) is 0 Å². The Morgan fingerprint density at radius 3 is 2.92 bits per heavy atom. The van der Waals surface area contributed by atoms with Crippen molar-refractivity contribution in [1.29, 1.82) is 0 Å². The second kappa shape index (κ2) is 7.22. The molecule has 0 aromatic rings. The van der Waals surface area contributed by atoms with Gasteiger partial charge < -0.3 is 4.74 Å². The van der Waals surface area contributed by atoms with Crippen molar-refractivity contribution in [2.24, 2.45) is 5.92 Å². The Kier molecular flexibility index (Phi) is 6.96. The maximum atomic E-state index is 10.9. The Morgan fingerprint density at radius 1 is 1.75 bits per heavy atom. The van der Waals surface area contributed by atoms with E-state index in [1.165, 1.54) is 7.11 Å². The van der Waals surface area contributed by atoms with Gasteiger partial charge in [0.05, 0.1) is 13.0 Å². The van der Waals surface area contributed by atoms with Gasteiger partial charge in [0, 0.05) is 5.75 Å². The van der Waals surface area contributed by atoms with Crippen LogP contribution in [0.1, 0.15) is 13.3 Å². The van der Waals surface area contributed by atoms with Crippen LogP contribution in [0.3, 0.4) is 0 Å². The molecule has 3 heteroatoms. The van der Waals surface area contributed by atoms with Crippen molar-refractivity contribution < 1.29 is 9.53 Å². The molecule has 0 amide bonds. The second-order valence-electron chi connectivity index (χ2n) is 2.58. The maximum absolute atomic E-state index is 10.9. The Hall–Kier alpha value is -0.440. The number of hydrogen-bond donors (Lipinski definition) is 0. The molecular formula is C9H16O2S. The van der Waals surface area contributed by atoms with Crippen molar-refractivity contribution >= 4 is 17.7 Å². The molecular weight excluding hydrogens is 172 g/mol. The summed E-state index contributed by atoms with van der Waals surface area (Å²) in [7, 11) is 1.42. The zero-order chi connectivity index (χ0) is 9.40. The van der Waals surface area contributed by atoms with Crippen molar-refractivity contribution in [3.63, 3.8) is 0 Å². The van der Waals surface area contributed by atoms with Crippen molar-refractivity contribution in [2.75, 3.05) is 18.6 Å². The van der Waals surface area contributed by atoms with E-state index in [2.05, 4.69) is 11.3 Å². The van der Waals surface area contributed by atoms with E-state index in [9.17, 15) is 4.79 Å². The summed E-state index contributed by atoms with van der Waals surface area (Å²) >= 11 is 1.76. The predicted octanol–water partition coefficient (Wildman–Crippen LogP) is 2.10. The van der Waals surface area contributed by atoms with Crippen LogP contribution >= 0.6 is 11.8 Å². The first-order valence-electron chi connectivity index (χ1n) is 3.98. The topological polar surface area (TPSA) is 26.3 Å². The highest BCUT2D eigenvalue weighted by Crippen LogP contribution is 2.10. The van der Waals surface area contributed by atoms with Crippen molar-refractivity contribution in [3.05, 3.63) is 12.7 Å². The molecule has 12 heavy (non-hydrogen) atoms. The predicted molar refractivity (Wildman–Crippen MR) is 53.3 cm³/mol. The van der Waals surface area contributed by atoms with Crippen molar-refractivity contribution in [2.45, 2.75) is 13.3 Å². The SMILES string of the molecule is C=CCCSCC(C)C(=O)OC. The molecule has 70 valence electrons. The molecule has 1 unspecified atom stereocenters. The number of carbonyl (C=O) groups is 1. The second-order valence-corrected chi connectivity index (χ2v) is 3.73. The van der Waals surface area contributed by atoms with Gasteiger partial charge in [-0.05, 0) is 12.2 Å². The lowest BCUT2D eigenvalue weighted by atomic mass is 10.2. The monoisotopic (exact) mass is 188 g/mol. The third-order valence-corrected chi connectivity index (χ3v) is 2.70. The summed E-state index contributed by atoms with van der Waals surface area (Å²) in [6.45, 7) is 5.51. The highest BCUT2D eigenvalue weighted by Gasteiger charge is 2.11. The van der Waals surface area contributed by atoms with Gasteiger partial charge in [-0.3, -0.25) is 4.79 Å². The van der Waals surface area contributed by atoms with Gasteiger partial charge in [0.2, 0.25) is 0 Å². The molecule has 0 fully saturated rings. The van der Waals surface area contributed by atoms with E-state index in [4.69, 9.17) is 0 Å². The molecule has 0 N–H and O–H groups in total. The van der Waals surface area contributed by atoms with Crippen LogP contribution in [-0.4, -0.2) is 24.6 Å². The molecule has 0 saturated heterocycles. The van der Waals surface area contributed by atoms with Gasteiger partial charge in [0.15, 0.2) is 0 Å². The first kappa shape index (κ1) is 11.6. The fraction of sp³-hybridized carbons (Fsp3) is 0.667. The molecule has 0 aliphatic rings. The van der Waals surface area contributed by atoms with E-state index >= 15 is 0 Å². The molecule has 0 aromatic heterocycles. The molecule has 0 aromatic carbocycles. The minimum atomic E-state index is -0.124. The molecule has 2 nitrogen and oxygen atoms in total. The zero-order valence-electron chi connectivity index (χ0n) is 7.71. The van der Waals surface area contributed by atoms with Gasteiger partial charge in [-0.2, -0.15) is 11.8 Å². The largest absolute Gasteiger partial charge is 0.469 e. The van der Waals surface area contributed by atoms with Gasteiger partial charge >= 0.3 is 5.97 Å². The van der Waals surface area contributed by atoms with Crippen LogP contribution in [0.5, 0.6) is 0 Å². The van der Waals surface area contributed by atoms with E-state index in [1.807, 2.05) is 13.0 Å². The van der Waals surface area contributed by atoms with Gasteiger partial charge in [0.1, 0.15) is 0 Å². The first-order valence-corrected chi connectivity index (χ1v) is 5.14. The number of hydrogen-bond acceptors (Lipinski definition) is 3. The smallest absolute Gasteiger partial charge is 0.309 e. The van der Waals surface area contributed by atoms with E-state index in [0.717, 1.165) is 17.9 Å². The van der Waals surface area contributed by atoms with E-state index < -0.39 is 0 Å². The summed E-state index contributed by atoms with van der Waals surface area (Å²) in [5.74, 6) is 1.75. The summed E-state index contributed by atoms with van der Waals surface area (Å²) in [5.41, 5.74) is 0. The highest BCUT2D eigenvalue weighted by molar-refractivity contribution is 7.99. The van der Waals surface area contributed by atoms with Crippen LogP contribution in [0.2, 0.25) is 0 Å².